The van der Waals surface area contributed by atoms with E-state index >= 15 is 0 Å². The summed E-state index contributed by atoms with van der Waals surface area (Å²) in [5.74, 6) is 1.97. The summed E-state index contributed by atoms with van der Waals surface area (Å²) in [7, 11) is 0. The predicted octanol–water partition coefficient (Wildman–Crippen LogP) is -0.281. The first-order valence-corrected chi connectivity index (χ1v) is 4.56. The van der Waals surface area contributed by atoms with E-state index in [1.807, 2.05) is 0 Å². The van der Waals surface area contributed by atoms with Gasteiger partial charge in [-0.05, 0) is 16.2 Å². The summed E-state index contributed by atoms with van der Waals surface area (Å²) in [5, 5.41) is 9.17. The number of nitrogens with zero attached hydrogens (tertiary/aromatic N) is 3. The Kier molecular flexibility index (Phi) is 3.15. The molecule has 0 radical (unpaired) electrons. The van der Waals surface area contributed by atoms with E-state index in [4.69, 9.17) is 0 Å². The van der Waals surface area contributed by atoms with Crippen LogP contribution in [-0.4, -0.2) is 31.7 Å². The molecule has 62 valence electrons. The number of nitrogens with one attached hydrogen (secondary N) is 1. The van der Waals surface area contributed by atoms with Crippen LogP contribution in [0.25, 0.3) is 0 Å². The van der Waals surface area contributed by atoms with E-state index in [0.29, 0.717) is 6.54 Å². The second kappa shape index (κ2) is 4.17. The van der Waals surface area contributed by atoms with Gasteiger partial charge in [-0.1, -0.05) is 6.92 Å². The van der Waals surface area contributed by atoms with Crippen LogP contribution in [0.15, 0.2) is 4.79 Å². The number of aromatic nitrogens is 4. The summed E-state index contributed by atoms with van der Waals surface area (Å²) in [4.78, 5) is 10.8. The minimum atomic E-state index is -0.235. The summed E-state index contributed by atoms with van der Waals surface area (Å²) >= 11 is 1.77. The second-order valence-corrected chi connectivity index (χ2v) is 3.32. The van der Waals surface area contributed by atoms with E-state index in [9.17, 15) is 4.79 Å². The molecule has 0 saturated heterocycles. The van der Waals surface area contributed by atoms with E-state index in [1.54, 1.807) is 11.8 Å². The molecule has 5 nitrogen and oxygen atoms in total. The van der Waals surface area contributed by atoms with Gasteiger partial charge in [0.25, 0.3) is 0 Å². The first-order chi connectivity index (χ1) is 5.34. The highest BCUT2D eigenvalue weighted by atomic mass is 32.2. The van der Waals surface area contributed by atoms with Gasteiger partial charge in [-0.25, -0.2) is 9.89 Å². The third-order valence-corrected chi connectivity index (χ3v) is 2.06. The third kappa shape index (κ3) is 2.38. The molecular formula is C5H10N4OS. The van der Waals surface area contributed by atoms with Gasteiger partial charge in [0.15, 0.2) is 0 Å². The maximum absolute atomic E-state index is 10.8. The Morgan fingerprint density at radius 1 is 1.73 bits per heavy atom. The number of aromatic amines is 1. The fourth-order valence-electron chi connectivity index (χ4n) is 0.659. The number of rotatable bonds is 4. The summed E-state index contributed by atoms with van der Waals surface area (Å²) < 4.78 is 1.32. The lowest BCUT2D eigenvalue weighted by atomic mass is 10.8. The zero-order chi connectivity index (χ0) is 8.10. The molecule has 0 fully saturated rings. The minimum Gasteiger partial charge on any atom is -0.245 e. The summed E-state index contributed by atoms with van der Waals surface area (Å²) in [6.45, 7) is 2.71. The van der Waals surface area contributed by atoms with Crippen LogP contribution in [0.3, 0.4) is 0 Å². The summed E-state index contributed by atoms with van der Waals surface area (Å²) in [6.07, 6.45) is 0. The zero-order valence-electron chi connectivity index (χ0n) is 6.28. The van der Waals surface area contributed by atoms with Gasteiger partial charge < -0.3 is 0 Å². The summed E-state index contributed by atoms with van der Waals surface area (Å²) in [5.41, 5.74) is -0.235. The van der Waals surface area contributed by atoms with E-state index < -0.39 is 0 Å². The Balaban J connectivity index is 2.39. The fraction of sp³-hybridized carbons (Fsp3) is 0.800. The first kappa shape index (κ1) is 8.32. The Morgan fingerprint density at radius 3 is 3.09 bits per heavy atom. The molecule has 0 aliphatic carbocycles. The molecule has 1 aromatic rings. The van der Waals surface area contributed by atoms with E-state index in [0.717, 1.165) is 11.5 Å². The Morgan fingerprint density at radius 2 is 2.55 bits per heavy atom. The number of thioether (sulfide) groups is 1. The molecule has 0 aromatic carbocycles. The van der Waals surface area contributed by atoms with Gasteiger partial charge in [0, 0.05) is 5.75 Å². The molecule has 0 atom stereocenters. The zero-order valence-corrected chi connectivity index (χ0v) is 7.10. The van der Waals surface area contributed by atoms with Gasteiger partial charge in [0.2, 0.25) is 0 Å². The van der Waals surface area contributed by atoms with Crippen molar-refractivity contribution in [3.05, 3.63) is 10.5 Å². The topological polar surface area (TPSA) is 63.6 Å². The van der Waals surface area contributed by atoms with Crippen molar-refractivity contribution in [1.82, 2.24) is 20.2 Å². The van der Waals surface area contributed by atoms with Gasteiger partial charge in [-0.3, -0.25) is 0 Å². The van der Waals surface area contributed by atoms with Crippen LogP contribution in [0.5, 0.6) is 0 Å². The molecule has 0 unspecified atom stereocenters. The SMILES string of the molecule is CCSCCn1nn[nH]c1=O. The monoisotopic (exact) mass is 174 g/mol. The van der Waals surface area contributed by atoms with Crippen molar-refractivity contribution in [2.45, 2.75) is 13.5 Å². The highest BCUT2D eigenvalue weighted by Gasteiger charge is 1.96. The van der Waals surface area contributed by atoms with E-state index in [-0.39, 0.29) is 5.69 Å². The van der Waals surface area contributed by atoms with Gasteiger partial charge >= 0.3 is 5.69 Å². The molecule has 6 heteroatoms. The van der Waals surface area contributed by atoms with Crippen molar-refractivity contribution >= 4 is 11.8 Å². The van der Waals surface area contributed by atoms with E-state index in [2.05, 4.69) is 22.4 Å². The van der Waals surface area contributed by atoms with Crippen molar-refractivity contribution in [3.8, 4) is 0 Å². The number of tetrazole rings is 1. The quantitative estimate of drug-likeness (QED) is 0.638. The average Bonchev–Trinajstić information content (AvgIpc) is 2.37. The molecule has 1 N–H and O–H groups in total. The molecule has 0 aliphatic heterocycles. The minimum absolute atomic E-state index is 0.235. The lowest BCUT2D eigenvalue weighted by molar-refractivity contribution is 0.615. The predicted molar refractivity (Wildman–Crippen MR) is 43.6 cm³/mol. The molecule has 0 aliphatic rings. The molecule has 0 amide bonds. The van der Waals surface area contributed by atoms with Gasteiger partial charge in [0.1, 0.15) is 0 Å². The molecule has 1 rings (SSSR count). The molecule has 1 heterocycles. The third-order valence-electron chi connectivity index (χ3n) is 1.18. The first-order valence-electron chi connectivity index (χ1n) is 3.40. The number of aryl methyl sites for hydroxylation is 1. The fourth-order valence-corrected chi connectivity index (χ4v) is 1.25. The second-order valence-electron chi connectivity index (χ2n) is 1.93. The van der Waals surface area contributed by atoms with Crippen molar-refractivity contribution in [3.63, 3.8) is 0 Å². The van der Waals surface area contributed by atoms with Crippen molar-refractivity contribution < 1.29 is 0 Å². The molecule has 0 bridgehead atoms. The molecule has 1 aromatic heterocycles. The van der Waals surface area contributed by atoms with Crippen LogP contribution in [0, 0.1) is 0 Å². The van der Waals surface area contributed by atoms with E-state index in [1.165, 1.54) is 4.68 Å². The van der Waals surface area contributed by atoms with Crippen molar-refractivity contribution in [1.29, 1.82) is 0 Å². The lowest BCUT2D eigenvalue weighted by Gasteiger charge is -1.94. The van der Waals surface area contributed by atoms with Gasteiger partial charge in [-0.15, -0.1) is 0 Å². The van der Waals surface area contributed by atoms with Gasteiger partial charge in [0.05, 0.1) is 6.54 Å². The Labute approximate surface area is 68.2 Å². The molecule has 0 saturated carbocycles. The van der Waals surface area contributed by atoms with Crippen LogP contribution in [0.1, 0.15) is 6.92 Å². The Hall–Kier alpha value is -0.780. The van der Waals surface area contributed by atoms with Crippen LogP contribution < -0.4 is 5.69 Å². The largest absolute Gasteiger partial charge is 0.361 e. The smallest absolute Gasteiger partial charge is 0.245 e. The molecular weight excluding hydrogens is 164 g/mol. The highest BCUT2D eigenvalue weighted by Crippen LogP contribution is 1.96. The molecule has 11 heavy (non-hydrogen) atoms. The van der Waals surface area contributed by atoms with Crippen molar-refractivity contribution in [2.24, 2.45) is 0 Å². The lowest BCUT2D eigenvalue weighted by Crippen LogP contribution is -2.19. The number of hydrogen-bond donors (Lipinski definition) is 1. The highest BCUT2D eigenvalue weighted by molar-refractivity contribution is 7.99. The van der Waals surface area contributed by atoms with Crippen LogP contribution in [0.2, 0.25) is 0 Å². The average molecular weight is 174 g/mol. The standard InChI is InChI=1S/C5H10N4OS/c1-2-11-4-3-9-5(10)6-7-8-9/h2-4H2,1H3,(H,6,8,10). The normalized spacial score (nSPS) is 10.3. The van der Waals surface area contributed by atoms with Crippen LogP contribution >= 0.6 is 11.8 Å². The van der Waals surface area contributed by atoms with Crippen LogP contribution in [-0.2, 0) is 6.54 Å². The summed E-state index contributed by atoms with van der Waals surface area (Å²) in [6, 6.07) is 0. The molecule has 0 spiro atoms. The van der Waals surface area contributed by atoms with Gasteiger partial charge in [-0.2, -0.15) is 16.4 Å². The maximum atomic E-state index is 10.8. The Bertz CT molecular complexity index is 255. The van der Waals surface area contributed by atoms with Crippen molar-refractivity contribution in [2.75, 3.05) is 11.5 Å². The number of H-pyrrole nitrogens is 1. The maximum Gasteiger partial charge on any atom is 0.361 e. The number of hydrogen-bond acceptors (Lipinski definition) is 4. The van der Waals surface area contributed by atoms with Crippen LogP contribution in [0.4, 0.5) is 0 Å².